The smallest absolute Gasteiger partial charge is 0.139 e. The molecule has 0 fully saturated rings. The third kappa shape index (κ3) is 3.96. The maximum Gasteiger partial charge on any atom is 0.139 e. The van der Waals surface area contributed by atoms with E-state index in [-0.39, 0.29) is 11.2 Å². The van der Waals surface area contributed by atoms with Crippen molar-refractivity contribution in [2.75, 3.05) is 13.7 Å². The van der Waals surface area contributed by atoms with Crippen LogP contribution in [0.1, 0.15) is 37.4 Å². The van der Waals surface area contributed by atoms with E-state index in [4.69, 9.17) is 16.3 Å². The molecule has 1 aromatic heterocycles. The number of aryl methyl sites for hydroxylation is 1. The molecule has 0 amide bonds. The molecule has 0 saturated carbocycles. The number of unbranched alkanes of at least 4 members (excludes halogenated alkanes) is 2. The molecule has 116 valence electrons. The molecule has 3 nitrogen and oxygen atoms in total. The minimum Gasteiger partial charge on any atom is -0.385 e. The van der Waals surface area contributed by atoms with Crippen LogP contribution in [-0.2, 0) is 11.3 Å². The van der Waals surface area contributed by atoms with Gasteiger partial charge in [0.05, 0.1) is 20.9 Å². The number of rotatable bonds is 7. The second kappa shape index (κ2) is 7.56. The minimum atomic E-state index is -0.305. The lowest BCUT2D eigenvalue weighted by molar-refractivity contribution is 0.191. The molecule has 0 aliphatic heterocycles. The number of benzene rings is 1. The van der Waals surface area contributed by atoms with Crippen molar-refractivity contribution in [3.8, 4) is 0 Å². The summed E-state index contributed by atoms with van der Waals surface area (Å²) in [6.45, 7) is 3.49. The lowest BCUT2D eigenvalue weighted by Gasteiger charge is -2.10. The van der Waals surface area contributed by atoms with Gasteiger partial charge in [0.15, 0.2) is 0 Å². The van der Waals surface area contributed by atoms with Crippen LogP contribution >= 0.6 is 27.5 Å². The molecule has 21 heavy (non-hydrogen) atoms. The summed E-state index contributed by atoms with van der Waals surface area (Å²) in [6.07, 6.45) is 3.12. The number of imidazole rings is 1. The van der Waals surface area contributed by atoms with Gasteiger partial charge < -0.3 is 9.30 Å². The zero-order valence-electron chi connectivity index (χ0n) is 12.2. The van der Waals surface area contributed by atoms with E-state index in [1.807, 2.05) is 6.92 Å². The third-order valence-electron chi connectivity index (χ3n) is 3.41. The molecule has 1 heterocycles. The topological polar surface area (TPSA) is 27.1 Å². The highest BCUT2D eigenvalue weighted by atomic mass is 79.9. The van der Waals surface area contributed by atoms with E-state index >= 15 is 0 Å². The standard InChI is InChI=1S/C15H19BrClFN2O/c1-10(17)15-19-13-9-12(18)11(16)8-14(13)20(15)6-4-3-5-7-21-2/h8-10H,3-7H2,1-2H3. The molecule has 0 saturated heterocycles. The summed E-state index contributed by atoms with van der Waals surface area (Å²) in [5.41, 5.74) is 1.56. The summed E-state index contributed by atoms with van der Waals surface area (Å²) in [5, 5.41) is -0.210. The van der Waals surface area contributed by atoms with E-state index < -0.39 is 0 Å². The average molecular weight is 378 g/mol. The van der Waals surface area contributed by atoms with Crippen LogP contribution in [0.25, 0.3) is 11.0 Å². The van der Waals surface area contributed by atoms with E-state index in [1.54, 1.807) is 13.2 Å². The molecule has 0 N–H and O–H groups in total. The summed E-state index contributed by atoms with van der Waals surface area (Å²) in [5.74, 6) is 0.483. The number of hydrogen-bond acceptors (Lipinski definition) is 2. The Hall–Kier alpha value is -0.650. The second-order valence-electron chi connectivity index (χ2n) is 5.05. The summed E-state index contributed by atoms with van der Waals surface area (Å²) >= 11 is 9.45. The highest BCUT2D eigenvalue weighted by Gasteiger charge is 2.16. The Morgan fingerprint density at radius 3 is 2.81 bits per heavy atom. The van der Waals surface area contributed by atoms with E-state index in [0.29, 0.717) is 9.99 Å². The molecule has 1 aromatic carbocycles. The van der Waals surface area contributed by atoms with Gasteiger partial charge in [0.25, 0.3) is 0 Å². The summed E-state index contributed by atoms with van der Waals surface area (Å²) in [7, 11) is 1.71. The van der Waals surface area contributed by atoms with Crippen molar-refractivity contribution in [2.45, 2.75) is 38.1 Å². The normalized spacial score (nSPS) is 13.0. The molecule has 0 spiro atoms. The molecule has 2 aromatic rings. The minimum absolute atomic E-state index is 0.210. The van der Waals surface area contributed by atoms with Gasteiger partial charge in [-0.05, 0) is 48.2 Å². The molecular formula is C15H19BrClFN2O. The lowest BCUT2D eigenvalue weighted by Crippen LogP contribution is -2.05. The van der Waals surface area contributed by atoms with E-state index in [1.165, 1.54) is 6.07 Å². The van der Waals surface area contributed by atoms with Crippen LogP contribution in [0.2, 0.25) is 0 Å². The average Bonchev–Trinajstić information content (AvgIpc) is 2.77. The fourth-order valence-corrected chi connectivity index (χ4v) is 2.87. The van der Waals surface area contributed by atoms with Crippen LogP contribution < -0.4 is 0 Å². The van der Waals surface area contributed by atoms with Gasteiger partial charge in [-0.3, -0.25) is 0 Å². The molecule has 0 aliphatic rings. The Morgan fingerprint density at radius 2 is 2.14 bits per heavy atom. The number of halogens is 3. The predicted octanol–water partition coefficient (Wildman–Crippen LogP) is 5.05. The number of methoxy groups -OCH3 is 1. The Labute approximate surface area is 137 Å². The van der Waals surface area contributed by atoms with Crippen LogP contribution in [0.5, 0.6) is 0 Å². The van der Waals surface area contributed by atoms with Crippen molar-refractivity contribution >= 4 is 38.6 Å². The fraction of sp³-hybridized carbons (Fsp3) is 0.533. The van der Waals surface area contributed by atoms with Crippen molar-refractivity contribution < 1.29 is 9.13 Å². The Kier molecular flexibility index (Phi) is 6.02. The van der Waals surface area contributed by atoms with Gasteiger partial charge in [-0.1, -0.05) is 0 Å². The summed E-state index contributed by atoms with van der Waals surface area (Å²) in [6, 6.07) is 3.22. The SMILES string of the molecule is COCCCCCn1c(C(C)Cl)nc2cc(F)c(Br)cc21. The van der Waals surface area contributed by atoms with Gasteiger partial charge in [-0.15, -0.1) is 11.6 Å². The number of alkyl halides is 1. The first kappa shape index (κ1) is 16.7. The molecule has 0 radical (unpaired) electrons. The number of aromatic nitrogens is 2. The van der Waals surface area contributed by atoms with E-state index in [0.717, 1.165) is 43.8 Å². The molecule has 0 aliphatic carbocycles. The molecule has 0 bridgehead atoms. The number of hydrogen-bond donors (Lipinski definition) is 0. The monoisotopic (exact) mass is 376 g/mol. The van der Waals surface area contributed by atoms with E-state index in [9.17, 15) is 4.39 Å². The van der Waals surface area contributed by atoms with E-state index in [2.05, 4.69) is 25.5 Å². The highest BCUT2D eigenvalue weighted by Crippen LogP contribution is 2.28. The third-order valence-corrected chi connectivity index (χ3v) is 4.21. The van der Waals surface area contributed by atoms with Gasteiger partial charge in [0.1, 0.15) is 11.6 Å². The van der Waals surface area contributed by atoms with Crippen LogP contribution in [-0.4, -0.2) is 23.3 Å². The second-order valence-corrected chi connectivity index (χ2v) is 6.56. The van der Waals surface area contributed by atoms with Crippen molar-refractivity contribution in [3.63, 3.8) is 0 Å². The highest BCUT2D eigenvalue weighted by molar-refractivity contribution is 9.10. The molecular weight excluding hydrogens is 359 g/mol. The van der Waals surface area contributed by atoms with Gasteiger partial charge in [-0.25, -0.2) is 9.37 Å². The van der Waals surface area contributed by atoms with Gasteiger partial charge in [-0.2, -0.15) is 0 Å². The largest absolute Gasteiger partial charge is 0.385 e. The molecule has 6 heteroatoms. The van der Waals surface area contributed by atoms with Crippen molar-refractivity contribution in [1.82, 2.24) is 9.55 Å². The van der Waals surface area contributed by atoms with Crippen molar-refractivity contribution in [3.05, 3.63) is 28.2 Å². The molecule has 2 rings (SSSR count). The maximum atomic E-state index is 13.6. The Bertz CT molecular complexity index is 615. The number of ether oxygens (including phenoxy) is 1. The Morgan fingerprint density at radius 1 is 1.38 bits per heavy atom. The van der Waals surface area contributed by atoms with Crippen LogP contribution in [0.15, 0.2) is 16.6 Å². The van der Waals surface area contributed by atoms with Gasteiger partial charge >= 0.3 is 0 Å². The zero-order valence-corrected chi connectivity index (χ0v) is 14.5. The first-order valence-corrected chi connectivity index (χ1v) is 8.25. The molecule has 1 unspecified atom stereocenters. The van der Waals surface area contributed by atoms with Crippen molar-refractivity contribution in [1.29, 1.82) is 0 Å². The molecule has 1 atom stereocenters. The van der Waals surface area contributed by atoms with Gasteiger partial charge in [0, 0.05) is 26.3 Å². The first-order chi connectivity index (χ1) is 10.0. The maximum absolute atomic E-state index is 13.6. The number of fused-ring (bicyclic) bond motifs is 1. The summed E-state index contributed by atoms with van der Waals surface area (Å²) < 4.78 is 21.2. The quantitative estimate of drug-likeness (QED) is 0.498. The van der Waals surface area contributed by atoms with Crippen molar-refractivity contribution in [2.24, 2.45) is 0 Å². The van der Waals surface area contributed by atoms with Crippen LogP contribution in [0, 0.1) is 5.82 Å². The number of nitrogens with zero attached hydrogens (tertiary/aromatic N) is 2. The predicted molar refractivity (Wildman–Crippen MR) is 87.4 cm³/mol. The lowest BCUT2D eigenvalue weighted by atomic mass is 10.2. The van der Waals surface area contributed by atoms with Crippen LogP contribution in [0.3, 0.4) is 0 Å². The zero-order chi connectivity index (χ0) is 15.4. The van der Waals surface area contributed by atoms with Gasteiger partial charge in [0.2, 0.25) is 0 Å². The Balaban J connectivity index is 2.26. The summed E-state index contributed by atoms with van der Waals surface area (Å²) in [4.78, 5) is 4.47. The fourth-order valence-electron chi connectivity index (χ4n) is 2.37. The van der Waals surface area contributed by atoms with Crippen LogP contribution in [0.4, 0.5) is 4.39 Å². The first-order valence-electron chi connectivity index (χ1n) is 7.02.